The lowest BCUT2D eigenvalue weighted by atomic mass is 9.48. The van der Waals surface area contributed by atoms with Gasteiger partial charge in [-0.15, -0.1) is 0 Å². The third-order valence-electron chi connectivity index (χ3n) is 10.3. The van der Waals surface area contributed by atoms with Crippen LogP contribution in [0.4, 0.5) is 0 Å². The molecular formula is C26H46O2. The first kappa shape index (κ1) is 21.2. The topological polar surface area (TPSA) is 40.5 Å². The van der Waals surface area contributed by atoms with Gasteiger partial charge in [-0.3, -0.25) is 0 Å². The van der Waals surface area contributed by atoms with Crippen LogP contribution in [0.25, 0.3) is 0 Å². The van der Waals surface area contributed by atoms with E-state index in [-0.39, 0.29) is 6.10 Å². The SMILES string of the molecule is C[C@H](O)CCC[C@@H](C)[C@H]1CC[C@H]2[C@@H]3CC[C@H]4C[C@@](C)(O)CC[C@@H]4[C@H]3CC[C@]12C. The first-order chi connectivity index (χ1) is 13.2. The highest BCUT2D eigenvalue weighted by Gasteiger charge is 2.58. The summed E-state index contributed by atoms with van der Waals surface area (Å²) in [7, 11) is 0. The molecule has 0 bridgehead atoms. The van der Waals surface area contributed by atoms with Crippen LogP contribution < -0.4 is 0 Å². The second-order valence-electron chi connectivity index (χ2n) is 12.2. The molecule has 2 heteroatoms. The van der Waals surface area contributed by atoms with Crippen LogP contribution in [-0.2, 0) is 0 Å². The summed E-state index contributed by atoms with van der Waals surface area (Å²) in [6.45, 7) is 9.18. The van der Waals surface area contributed by atoms with E-state index in [4.69, 9.17) is 0 Å². The van der Waals surface area contributed by atoms with E-state index < -0.39 is 5.60 Å². The van der Waals surface area contributed by atoms with Crippen molar-refractivity contribution in [1.29, 1.82) is 0 Å². The normalized spacial score (nSPS) is 50.4. The fraction of sp³-hybridized carbons (Fsp3) is 1.00. The summed E-state index contributed by atoms with van der Waals surface area (Å²) in [5, 5.41) is 20.2. The summed E-state index contributed by atoms with van der Waals surface area (Å²) in [6, 6.07) is 0. The predicted molar refractivity (Wildman–Crippen MR) is 116 cm³/mol. The third-order valence-corrected chi connectivity index (χ3v) is 10.3. The van der Waals surface area contributed by atoms with Gasteiger partial charge < -0.3 is 10.2 Å². The van der Waals surface area contributed by atoms with Gasteiger partial charge in [-0.1, -0.05) is 26.7 Å². The van der Waals surface area contributed by atoms with Crippen molar-refractivity contribution in [2.75, 3.05) is 0 Å². The Morgan fingerprint density at radius 3 is 2.36 bits per heavy atom. The van der Waals surface area contributed by atoms with Gasteiger partial charge in [0.05, 0.1) is 11.7 Å². The van der Waals surface area contributed by atoms with Gasteiger partial charge in [-0.05, 0) is 125 Å². The molecule has 2 N–H and O–H groups in total. The lowest BCUT2D eigenvalue weighted by Crippen LogP contribution is -2.50. The molecule has 0 spiro atoms. The van der Waals surface area contributed by atoms with Crippen molar-refractivity contribution in [2.45, 2.75) is 116 Å². The van der Waals surface area contributed by atoms with Crippen molar-refractivity contribution in [3.05, 3.63) is 0 Å². The molecule has 0 aromatic rings. The molecule has 4 rings (SSSR count). The Hall–Kier alpha value is -0.0800. The minimum absolute atomic E-state index is 0.138. The highest BCUT2D eigenvalue weighted by molar-refractivity contribution is 5.07. The third kappa shape index (κ3) is 3.82. The molecule has 0 radical (unpaired) electrons. The average Bonchev–Trinajstić information content (AvgIpc) is 2.97. The van der Waals surface area contributed by atoms with Crippen molar-refractivity contribution < 1.29 is 10.2 Å². The molecular weight excluding hydrogens is 344 g/mol. The van der Waals surface area contributed by atoms with Gasteiger partial charge in [0.1, 0.15) is 0 Å². The summed E-state index contributed by atoms with van der Waals surface area (Å²) < 4.78 is 0. The summed E-state index contributed by atoms with van der Waals surface area (Å²) in [6.07, 6.45) is 15.3. The van der Waals surface area contributed by atoms with Crippen molar-refractivity contribution in [3.63, 3.8) is 0 Å². The van der Waals surface area contributed by atoms with Gasteiger partial charge in [-0.25, -0.2) is 0 Å². The van der Waals surface area contributed by atoms with E-state index in [0.717, 1.165) is 60.7 Å². The predicted octanol–water partition coefficient (Wildman–Crippen LogP) is 6.19. The molecule has 0 unspecified atom stereocenters. The second kappa shape index (κ2) is 7.88. The smallest absolute Gasteiger partial charge is 0.0622 e. The molecule has 4 fully saturated rings. The zero-order chi connectivity index (χ0) is 20.1. The maximum atomic E-state index is 10.6. The van der Waals surface area contributed by atoms with Gasteiger partial charge in [0.2, 0.25) is 0 Å². The van der Waals surface area contributed by atoms with Crippen LogP contribution in [0.1, 0.15) is 105 Å². The van der Waals surface area contributed by atoms with Crippen LogP contribution >= 0.6 is 0 Å². The Morgan fingerprint density at radius 2 is 1.61 bits per heavy atom. The summed E-state index contributed by atoms with van der Waals surface area (Å²) in [4.78, 5) is 0. The molecule has 0 aromatic heterocycles. The van der Waals surface area contributed by atoms with E-state index in [0.29, 0.717) is 5.41 Å². The minimum atomic E-state index is -0.392. The van der Waals surface area contributed by atoms with E-state index in [1.165, 1.54) is 57.8 Å². The standard InChI is InChI=1S/C26H46O2/c1-17(6-5-7-18(2)27)23-10-11-24-22-9-8-19-16-25(3,28)14-12-20(19)21(22)13-15-26(23,24)4/h17-24,27-28H,5-16H2,1-4H3/t17-,18+,19+,20+,21-,22-,23-,24+,25+,26-/m1/s1. The molecule has 2 nitrogen and oxygen atoms in total. The van der Waals surface area contributed by atoms with Crippen LogP contribution in [0.5, 0.6) is 0 Å². The quantitative estimate of drug-likeness (QED) is 0.587. The maximum absolute atomic E-state index is 10.6. The summed E-state index contributed by atoms with van der Waals surface area (Å²) in [5.74, 6) is 6.30. The van der Waals surface area contributed by atoms with E-state index in [9.17, 15) is 10.2 Å². The zero-order valence-corrected chi connectivity index (χ0v) is 19.0. The fourth-order valence-electron chi connectivity index (χ4n) is 8.99. The number of hydrogen-bond acceptors (Lipinski definition) is 2. The van der Waals surface area contributed by atoms with Gasteiger partial charge in [0.25, 0.3) is 0 Å². The van der Waals surface area contributed by atoms with Crippen LogP contribution in [-0.4, -0.2) is 21.9 Å². The van der Waals surface area contributed by atoms with Crippen molar-refractivity contribution in [2.24, 2.45) is 46.8 Å². The van der Waals surface area contributed by atoms with Crippen LogP contribution in [0.2, 0.25) is 0 Å². The van der Waals surface area contributed by atoms with Gasteiger partial charge >= 0.3 is 0 Å². The molecule has 10 atom stereocenters. The van der Waals surface area contributed by atoms with E-state index in [2.05, 4.69) is 20.8 Å². The molecule has 4 aliphatic rings. The van der Waals surface area contributed by atoms with E-state index in [1.54, 1.807) is 0 Å². The molecule has 0 amide bonds. The van der Waals surface area contributed by atoms with E-state index >= 15 is 0 Å². The first-order valence-electron chi connectivity index (χ1n) is 12.6. The molecule has 4 aliphatic carbocycles. The number of aliphatic hydroxyl groups is 2. The molecule has 0 aromatic carbocycles. The molecule has 0 heterocycles. The Kier molecular flexibility index (Phi) is 5.95. The van der Waals surface area contributed by atoms with Crippen molar-refractivity contribution in [1.82, 2.24) is 0 Å². The lowest BCUT2D eigenvalue weighted by Gasteiger charge is -2.57. The highest BCUT2D eigenvalue weighted by Crippen LogP contribution is 2.65. The average molecular weight is 391 g/mol. The van der Waals surface area contributed by atoms with Crippen LogP contribution in [0.15, 0.2) is 0 Å². The van der Waals surface area contributed by atoms with Gasteiger partial charge in [0, 0.05) is 0 Å². The fourth-order valence-corrected chi connectivity index (χ4v) is 8.99. The van der Waals surface area contributed by atoms with Gasteiger partial charge in [0.15, 0.2) is 0 Å². The highest BCUT2D eigenvalue weighted by atomic mass is 16.3. The Bertz CT molecular complexity index is 541. The minimum Gasteiger partial charge on any atom is -0.393 e. The Morgan fingerprint density at radius 1 is 0.857 bits per heavy atom. The summed E-state index contributed by atoms with van der Waals surface area (Å²) >= 11 is 0. The zero-order valence-electron chi connectivity index (χ0n) is 19.0. The number of fused-ring (bicyclic) bond motifs is 5. The van der Waals surface area contributed by atoms with Crippen molar-refractivity contribution >= 4 is 0 Å². The van der Waals surface area contributed by atoms with E-state index in [1.807, 2.05) is 6.92 Å². The number of aliphatic hydroxyl groups excluding tert-OH is 1. The maximum Gasteiger partial charge on any atom is 0.0622 e. The van der Waals surface area contributed by atoms with Crippen molar-refractivity contribution in [3.8, 4) is 0 Å². The summed E-state index contributed by atoms with van der Waals surface area (Å²) in [5.41, 5.74) is 0.176. The molecule has 0 saturated heterocycles. The Balaban J connectivity index is 1.42. The Labute approximate surface area is 173 Å². The van der Waals surface area contributed by atoms with Crippen LogP contribution in [0, 0.1) is 46.8 Å². The monoisotopic (exact) mass is 390 g/mol. The molecule has 28 heavy (non-hydrogen) atoms. The lowest BCUT2D eigenvalue weighted by molar-refractivity contribution is -0.103. The van der Waals surface area contributed by atoms with Crippen LogP contribution in [0.3, 0.4) is 0 Å². The van der Waals surface area contributed by atoms with Gasteiger partial charge in [-0.2, -0.15) is 0 Å². The number of hydrogen-bond donors (Lipinski definition) is 2. The largest absolute Gasteiger partial charge is 0.393 e. The second-order valence-corrected chi connectivity index (χ2v) is 12.2. The number of rotatable bonds is 5. The first-order valence-corrected chi connectivity index (χ1v) is 12.6. The molecule has 0 aliphatic heterocycles. The molecule has 162 valence electrons. The molecule has 4 saturated carbocycles.